The van der Waals surface area contributed by atoms with E-state index in [4.69, 9.17) is 15.2 Å². The third-order valence-corrected chi connectivity index (χ3v) is 4.26. The second-order valence-electron chi connectivity index (χ2n) is 6.24. The van der Waals surface area contributed by atoms with Crippen molar-refractivity contribution >= 4 is 11.9 Å². The monoisotopic (exact) mass is 354 g/mol. The molecule has 8 heteroatoms. The number of allylic oxidation sites excluding steroid dienone is 1. The number of hydrogen-bond acceptors (Lipinski definition) is 7. The Kier molecular flexibility index (Phi) is 6.98. The summed E-state index contributed by atoms with van der Waals surface area (Å²) in [5.41, 5.74) is 5.64. The molecule has 25 heavy (non-hydrogen) atoms. The van der Waals surface area contributed by atoms with Crippen molar-refractivity contribution in [2.75, 3.05) is 6.61 Å². The van der Waals surface area contributed by atoms with Crippen LogP contribution in [-0.4, -0.2) is 58.1 Å². The van der Waals surface area contributed by atoms with Gasteiger partial charge in [0.2, 0.25) is 5.91 Å². The van der Waals surface area contributed by atoms with E-state index in [-0.39, 0.29) is 12.6 Å². The summed E-state index contributed by atoms with van der Waals surface area (Å²) < 4.78 is 10.8. The first-order valence-corrected chi connectivity index (χ1v) is 8.55. The van der Waals surface area contributed by atoms with Gasteiger partial charge >= 0.3 is 5.97 Å². The van der Waals surface area contributed by atoms with E-state index in [0.29, 0.717) is 18.4 Å². The molecular formula is C17H26N2O6. The van der Waals surface area contributed by atoms with E-state index >= 15 is 0 Å². The van der Waals surface area contributed by atoms with Gasteiger partial charge in [0.05, 0.1) is 0 Å². The van der Waals surface area contributed by atoms with Gasteiger partial charge in [-0.25, -0.2) is 0 Å². The summed E-state index contributed by atoms with van der Waals surface area (Å²) in [7, 11) is 0. The molecule has 0 bridgehead atoms. The Morgan fingerprint density at radius 3 is 2.80 bits per heavy atom. The lowest BCUT2D eigenvalue weighted by atomic mass is 10.1. The van der Waals surface area contributed by atoms with Gasteiger partial charge < -0.3 is 30.3 Å². The zero-order chi connectivity index (χ0) is 18.4. The van der Waals surface area contributed by atoms with Crippen molar-refractivity contribution in [2.24, 2.45) is 5.73 Å². The SMILES string of the molecule is CCCCCC(=O)OC[C@H]1O[C@@H](N2C=CCC(C(N)=O)=C2)[C@H](O)[C@@H]1O. The highest BCUT2D eigenvalue weighted by atomic mass is 16.6. The third kappa shape index (κ3) is 5.04. The lowest BCUT2D eigenvalue weighted by Gasteiger charge is -2.28. The van der Waals surface area contributed by atoms with E-state index in [1.165, 1.54) is 11.1 Å². The first-order chi connectivity index (χ1) is 11.9. The van der Waals surface area contributed by atoms with Gasteiger partial charge in [-0.3, -0.25) is 9.59 Å². The van der Waals surface area contributed by atoms with Crippen LogP contribution in [0.3, 0.4) is 0 Å². The molecule has 0 spiro atoms. The van der Waals surface area contributed by atoms with Gasteiger partial charge in [-0.15, -0.1) is 0 Å². The number of nitrogens with two attached hydrogens (primary N) is 1. The lowest BCUT2D eigenvalue weighted by molar-refractivity contribution is -0.150. The van der Waals surface area contributed by atoms with Gasteiger partial charge in [-0.05, 0) is 12.8 Å². The summed E-state index contributed by atoms with van der Waals surface area (Å²) in [6, 6.07) is 0. The summed E-state index contributed by atoms with van der Waals surface area (Å²) >= 11 is 0. The molecule has 140 valence electrons. The summed E-state index contributed by atoms with van der Waals surface area (Å²) in [4.78, 5) is 24.4. The fraction of sp³-hybridized carbons (Fsp3) is 0.647. The summed E-state index contributed by atoms with van der Waals surface area (Å²) in [6.45, 7) is 1.91. The molecule has 2 aliphatic rings. The number of rotatable bonds is 8. The Morgan fingerprint density at radius 1 is 1.36 bits per heavy atom. The van der Waals surface area contributed by atoms with E-state index in [0.717, 1.165) is 19.3 Å². The fourth-order valence-electron chi connectivity index (χ4n) is 2.78. The molecule has 0 unspecified atom stereocenters. The van der Waals surface area contributed by atoms with Gasteiger partial charge in [-0.2, -0.15) is 0 Å². The predicted octanol–water partition coefficient (Wildman–Crippen LogP) is 0.145. The average Bonchev–Trinajstić information content (AvgIpc) is 2.88. The predicted molar refractivity (Wildman–Crippen MR) is 88.6 cm³/mol. The number of carbonyl (C=O) groups excluding carboxylic acids is 2. The number of carbonyl (C=O) groups is 2. The molecule has 0 aromatic heterocycles. The zero-order valence-corrected chi connectivity index (χ0v) is 14.3. The van der Waals surface area contributed by atoms with Crippen molar-refractivity contribution in [3.05, 3.63) is 24.0 Å². The minimum absolute atomic E-state index is 0.135. The molecule has 4 N–H and O–H groups in total. The van der Waals surface area contributed by atoms with E-state index in [2.05, 4.69) is 0 Å². The summed E-state index contributed by atoms with van der Waals surface area (Å²) in [6.07, 6.45) is 4.15. The van der Waals surface area contributed by atoms with Crippen molar-refractivity contribution in [3.8, 4) is 0 Å². The maximum absolute atomic E-state index is 11.7. The summed E-state index contributed by atoms with van der Waals surface area (Å²) in [5.74, 6) is -0.907. The smallest absolute Gasteiger partial charge is 0.305 e. The lowest BCUT2D eigenvalue weighted by Crippen LogP contribution is -2.40. The van der Waals surface area contributed by atoms with E-state index < -0.39 is 30.4 Å². The van der Waals surface area contributed by atoms with Gasteiger partial charge in [0.1, 0.15) is 24.9 Å². The molecule has 0 aliphatic carbocycles. The highest BCUT2D eigenvalue weighted by Gasteiger charge is 2.45. The van der Waals surface area contributed by atoms with Crippen LogP contribution in [0.15, 0.2) is 24.0 Å². The van der Waals surface area contributed by atoms with Crippen molar-refractivity contribution in [1.29, 1.82) is 0 Å². The molecule has 2 rings (SSSR count). The highest BCUT2D eigenvalue weighted by molar-refractivity contribution is 5.92. The van der Waals surface area contributed by atoms with Crippen molar-refractivity contribution in [1.82, 2.24) is 4.90 Å². The van der Waals surface area contributed by atoms with Crippen LogP contribution in [0.4, 0.5) is 0 Å². The second-order valence-corrected chi connectivity index (χ2v) is 6.24. The molecule has 2 aliphatic heterocycles. The number of esters is 1. The zero-order valence-electron chi connectivity index (χ0n) is 14.3. The Morgan fingerprint density at radius 2 is 2.12 bits per heavy atom. The number of primary amides is 1. The largest absolute Gasteiger partial charge is 0.463 e. The Balaban J connectivity index is 1.90. The van der Waals surface area contributed by atoms with Crippen LogP contribution in [0.25, 0.3) is 0 Å². The van der Waals surface area contributed by atoms with Gasteiger partial charge in [0.15, 0.2) is 6.23 Å². The number of ether oxygens (including phenoxy) is 2. The van der Waals surface area contributed by atoms with Crippen LogP contribution in [0, 0.1) is 0 Å². The van der Waals surface area contributed by atoms with Crippen molar-refractivity contribution in [3.63, 3.8) is 0 Å². The minimum Gasteiger partial charge on any atom is -0.463 e. The van der Waals surface area contributed by atoms with Gasteiger partial charge in [-0.1, -0.05) is 25.8 Å². The molecule has 0 saturated carbocycles. The average molecular weight is 354 g/mol. The molecule has 2 heterocycles. The number of aliphatic hydroxyl groups is 2. The number of hydrogen-bond donors (Lipinski definition) is 3. The number of nitrogens with zero attached hydrogens (tertiary/aromatic N) is 1. The third-order valence-electron chi connectivity index (χ3n) is 4.26. The molecule has 0 aromatic carbocycles. The Bertz CT molecular complexity index is 547. The van der Waals surface area contributed by atoms with E-state index in [1.807, 2.05) is 6.92 Å². The molecule has 1 amide bonds. The second kappa shape index (κ2) is 8.98. The Hall–Kier alpha value is -1.90. The molecule has 0 aromatic rings. The fourth-order valence-corrected chi connectivity index (χ4v) is 2.78. The van der Waals surface area contributed by atoms with E-state index in [1.54, 1.807) is 12.3 Å². The van der Waals surface area contributed by atoms with Crippen LogP contribution in [-0.2, 0) is 19.1 Å². The molecule has 1 saturated heterocycles. The highest BCUT2D eigenvalue weighted by Crippen LogP contribution is 2.27. The van der Waals surface area contributed by atoms with Gasteiger partial charge in [0, 0.05) is 24.4 Å². The molecular weight excluding hydrogens is 328 g/mol. The van der Waals surface area contributed by atoms with E-state index in [9.17, 15) is 19.8 Å². The maximum Gasteiger partial charge on any atom is 0.305 e. The molecule has 8 nitrogen and oxygen atoms in total. The number of amides is 1. The molecule has 1 fully saturated rings. The number of aliphatic hydroxyl groups excluding tert-OH is 2. The summed E-state index contributed by atoms with van der Waals surface area (Å²) in [5, 5.41) is 20.3. The first kappa shape index (κ1) is 19.4. The standard InChI is InChI=1S/C17H26N2O6/c1-2-3-4-7-13(20)24-10-12-14(21)15(22)17(25-12)19-8-5-6-11(9-19)16(18)23/h5,8-9,12,14-15,17,21-22H,2-4,6-7,10H2,1H3,(H2,18,23)/t12-,14-,15-,17-/m1/s1. The van der Waals surface area contributed by atoms with Crippen LogP contribution < -0.4 is 5.73 Å². The number of unbranched alkanes of at least 4 members (excludes halogenated alkanes) is 2. The maximum atomic E-state index is 11.7. The Labute approximate surface area is 146 Å². The van der Waals surface area contributed by atoms with Crippen molar-refractivity contribution < 1.29 is 29.3 Å². The van der Waals surface area contributed by atoms with Crippen LogP contribution in [0.1, 0.15) is 39.0 Å². The quantitative estimate of drug-likeness (QED) is 0.419. The van der Waals surface area contributed by atoms with Crippen LogP contribution in [0.2, 0.25) is 0 Å². The van der Waals surface area contributed by atoms with Crippen LogP contribution in [0.5, 0.6) is 0 Å². The molecule has 0 radical (unpaired) electrons. The van der Waals surface area contributed by atoms with Gasteiger partial charge in [0.25, 0.3) is 0 Å². The first-order valence-electron chi connectivity index (χ1n) is 8.55. The van der Waals surface area contributed by atoms with Crippen molar-refractivity contribution in [2.45, 2.75) is 63.6 Å². The topological polar surface area (TPSA) is 122 Å². The normalized spacial score (nSPS) is 28.8. The molecule has 4 atom stereocenters. The van der Waals surface area contributed by atoms with Crippen LogP contribution >= 0.6 is 0 Å². The minimum atomic E-state index is -1.21.